The molecule has 1 atom stereocenters. The van der Waals surface area contributed by atoms with Crippen LogP contribution in [0.2, 0.25) is 0 Å². The largest absolute Gasteiger partial charge is 0.455 e. The van der Waals surface area contributed by atoms with Gasteiger partial charge in [-0.25, -0.2) is 9.97 Å². The molecule has 0 fully saturated rings. The molecule has 6 nitrogen and oxygen atoms in total. The third kappa shape index (κ3) is 5.04. The molecule has 1 heterocycles. The third-order valence-electron chi connectivity index (χ3n) is 4.00. The Hall–Kier alpha value is -3.41. The fourth-order valence-corrected chi connectivity index (χ4v) is 2.32. The summed E-state index contributed by atoms with van der Waals surface area (Å²) in [5.74, 6) is 1.72. The Balaban J connectivity index is 1.71. The summed E-state index contributed by atoms with van der Waals surface area (Å²) < 4.78 is 5.92. The number of hydrogen-bond donors (Lipinski definition) is 2. The Morgan fingerprint density at radius 3 is 2.48 bits per heavy atom. The molecule has 0 aliphatic carbocycles. The van der Waals surface area contributed by atoms with Gasteiger partial charge >= 0.3 is 0 Å². The van der Waals surface area contributed by atoms with Crippen LogP contribution in [0, 0.1) is 0 Å². The highest BCUT2D eigenvalue weighted by Gasteiger charge is 2.11. The van der Waals surface area contributed by atoms with Crippen molar-refractivity contribution in [2.24, 2.45) is 0 Å². The van der Waals surface area contributed by atoms with Crippen molar-refractivity contribution < 1.29 is 9.53 Å². The van der Waals surface area contributed by atoms with E-state index in [4.69, 9.17) is 4.74 Å². The molecular weight excluding hydrogens is 340 g/mol. The number of benzene rings is 2. The maximum Gasteiger partial charge on any atom is 0.271 e. The molecule has 0 aliphatic rings. The first-order chi connectivity index (χ1) is 13.2. The van der Waals surface area contributed by atoms with Crippen LogP contribution in [0.15, 0.2) is 67.0 Å². The summed E-state index contributed by atoms with van der Waals surface area (Å²) in [6.45, 7) is 3.96. The van der Waals surface area contributed by atoms with E-state index in [1.807, 2.05) is 68.4 Å². The van der Waals surface area contributed by atoms with Gasteiger partial charge in [0, 0.05) is 6.04 Å². The van der Waals surface area contributed by atoms with Gasteiger partial charge < -0.3 is 15.4 Å². The van der Waals surface area contributed by atoms with Crippen LogP contribution < -0.4 is 15.4 Å². The maximum atomic E-state index is 12.1. The summed E-state index contributed by atoms with van der Waals surface area (Å²) in [7, 11) is 0. The number of ether oxygens (including phenoxy) is 1. The van der Waals surface area contributed by atoms with Crippen LogP contribution in [0.4, 0.5) is 11.5 Å². The number of para-hydroxylation sites is 3. The topological polar surface area (TPSA) is 76.1 Å². The maximum absolute atomic E-state index is 12.1. The molecule has 0 bridgehead atoms. The van der Waals surface area contributed by atoms with Gasteiger partial charge in [0.2, 0.25) is 0 Å². The number of aromatic nitrogens is 2. The van der Waals surface area contributed by atoms with E-state index in [0.29, 0.717) is 11.6 Å². The van der Waals surface area contributed by atoms with Crippen LogP contribution in [0.1, 0.15) is 30.8 Å². The quantitative estimate of drug-likeness (QED) is 0.645. The smallest absolute Gasteiger partial charge is 0.271 e. The predicted molar refractivity (Wildman–Crippen MR) is 105 cm³/mol. The van der Waals surface area contributed by atoms with Crippen LogP contribution in [-0.4, -0.2) is 21.9 Å². The minimum absolute atomic E-state index is 0.0964. The van der Waals surface area contributed by atoms with Gasteiger partial charge in [-0.05, 0) is 37.6 Å². The fourth-order valence-electron chi connectivity index (χ4n) is 2.32. The molecule has 3 rings (SSSR count). The van der Waals surface area contributed by atoms with Gasteiger partial charge in [-0.2, -0.15) is 0 Å². The molecule has 2 N–H and O–H groups in total. The average molecular weight is 362 g/mol. The van der Waals surface area contributed by atoms with Gasteiger partial charge in [0.05, 0.1) is 18.1 Å². The number of hydrogen-bond acceptors (Lipinski definition) is 5. The monoisotopic (exact) mass is 362 g/mol. The van der Waals surface area contributed by atoms with Crippen molar-refractivity contribution >= 4 is 17.4 Å². The molecule has 1 amide bonds. The zero-order valence-electron chi connectivity index (χ0n) is 15.3. The van der Waals surface area contributed by atoms with Gasteiger partial charge in [-0.15, -0.1) is 0 Å². The summed E-state index contributed by atoms with van der Waals surface area (Å²) in [4.78, 5) is 20.6. The number of carbonyl (C=O) groups excluding carboxylic acids is 1. The number of amides is 1. The SMILES string of the molecule is CCC(C)NC(=O)c1cnc(Nc2ccccc2Oc2ccccc2)cn1. The number of nitrogens with one attached hydrogen (secondary N) is 2. The highest BCUT2D eigenvalue weighted by Crippen LogP contribution is 2.30. The number of nitrogens with zero attached hydrogens (tertiary/aromatic N) is 2. The van der Waals surface area contributed by atoms with Crippen molar-refractivity contribution in [3.05, 3.63) is 72.7 Å². The van der Waals surface area contributed by atoms with Crippen molar-refractivity contribution in [1.82, 2.24) is 15.3 Å². The first-order valence-electron chi connectivity index (χ1n) is 8.87. The first-order valence-corrected chi connectivity index (χ1v) is 8.87. The molecule has 0 aliphatic heterocycles. The predicted octanol–water partition coefficient (Wildman–Crippen LogP) is 4.54. The summed E-state index contributed by atoms with van der Waals surface area (Å²) in [6, 6.07) is 17.2. The van der Waals surface area contributed by atoms with Crippen molar-refractivity contribution in [1.29, 1.82) is 0 Å². The second-order valence-electron chi connectivity index (χ2n) is 6.11. The molecule has 0 saturated heterocycles. The number of anilines is 2. The van der Waals surface area contributed by atoms with E-state index in [2.05, 4.69) is 20.6 Å². The highest BCUT2D eigenvalue weighted by molar-refractivity contribution is 5.92. The molecule has 0 spiro atoms. The zero-order chi connectivity index (χ0) is 19.1. The Bertz CT molecular complexity index is 882. The van der Waals surface area contributed by atoms with Gasteiger partial charge in [0.25, 0.3) is 5.91 Å². The number of rotatable bonds is 7. The first kappa shape index (κ1) is 18.4. The van der Waals surface area contributed by atoms with E-state index in [-0.39, 0.29) is 17.6 Å². The second kappa shape index (κ2) is 8.80. The molecule has 1 aromatic heterocycles. The number of carbonyl (C=O) groups is 1. The standard InChI is InChI=1S/C21H22N4O2/c1-3-15(2)24-21(26)18-13-23-20(14-22-18)25-17-11-7-8-12-19(17)27-16-9-5-4-6-10-16/h4-15H,3H2,1-2H3,(H,23,25)(H,24,26). The van der Waals surface area contributed by atoms with Crippen molar-refractivity contribution in [2.45, 2.75) is 26.3 Å². The van der Waals surface area contributed by atoms with Gasteiger partial charge in [-0.1, -0.05) is 37.3 Å². The molecule has 27 heavy (non-hydrogen) atoms. The zero-order valence-corrected chi connectivity index (χ0v) is 15.3. The Labute approximate surface area is 158 Å². The van der Waals surface area contributed by atoms with Gasteiger partial charge in [0.1, 0.15) is 17.3 Å². The normalized spacial score (nSPS) is 11.5. The van der Waals surface area contributed by atoms with Gasteiger partial charge in [0.15, 0.2) is 5.75 Å². The molecule has 6 heteroatoms. The Morgan fingerprint density at radius 1 is 1.04 bits per heavy atom. The van der Waals surface area contributed by atoms with Crippen LogP contribution in [-0.2, 0) is 0 Å². The lowest BCUT2D eigenvalue weighted by Crippen LogP contribution is -2.32. The van der Waals surface area contributed by atoms with Crippen LogP contribution >= 0.6 is 0 Å². The Morgan fingerprint density at radius 2 is 1.78 bits per heavy atom. The Kier molecular flexibility index (Phi) is 5.99. The molecule has 138 valence electrons. The molecular formula is C21H22N4O2. The lowest BCUT2D eigenvalue weighted by atomic mass is 10.2. The minimum Gasteiger partial charge on any atom is -0.455 e. The van der Waals surface area contributed by atoms with Crippen LogP contribution in [0.3, 0.4) is 0 Å². The molecule has 0 radical (unpaired) electrons. The molecule has 2 aromatic carbocycles. The minimum atomic E-state index is -0.226. The van der Waals surface area contributed by atoms with E-state index >= 15 is 0 Å². The second-order valence-corrected chi connectivity index (χ2v) is 6.11. The third-order valence-corrected chi connectivity index (χ3v) is 4.00. The summed E-state index contributed by atoms with van der Waals surface area (Å²) in [6.07, 6.45) is 3.85. The fraction of sp³-hybridized carbons (Fsp3) is 0.190. The summed E-state index contributed by atoms with van der Waals surface area (Å²) >= 11 is 0. The van der Waals surface area contributed by atoms with E-state index < -0.39 is 0 Å². The summed E-state index contributed by atoms with van der Waals surface area (Å²) in [5.41, 5.74) is 1.04. The average Bonchev–Trinajstić information content (AvgIpc) is 2.70. The lowest BCUT2D eigenvalue weighted by Gasteiger charge is -2.13. The lowest BCUT2D eigenvalue weighted by molar-refractivity contribution is 0.0934. The highest BCUT2D eigenvalue weighted by atomic mass is 16.5. The van der Waals surface area contributed by atoms with Crippen LogP contribution in [0.5, 0.6) is 11.5 Å². The van der Waals surface area contributed by atoms with Gasteiger partial charge in [-0.3, -0.25) is 4.79 Å². The van der Waals surface area contributed by atoms with Crippen molar-refractivity contribution in [3.8, 4) is 11.5 Å². The van der Waals surface area contributed by atoms with Crippen LogP contribution in [0.25, 0.3) is 0 Å². The van der Waals surface area contributed by atoms with Crippen molar-refractivity contribution in [2.75, 3.05) is 5.32 Å². The molecule has 1 unspecified atom stereocenters. The molecule has 3 aromatic rings. The summed E-state index contributed by atoms with van der Waals surface area (Å²) in [5, 5.41) is 6.05. The van der Waals surface area contributed by atoms with E-state index in [0.717, 1.165) is 17.9 Å². The molecule has 0 saturated carbocycles. The van der Waals surface area contributed by atoms with Crippen molar-refractivity contribution in [3.63, 3.8) is 0 Å². The van der Waals surface area contributed by atoms with E-state index in [9.17, 15) is 4.79 Å². The van der Waals surface area contributed by atoms with E-state index in [1.165, 1.54) is 12.4 Å². The van der Waals surface area contributed by atoms with E-state index in [1.54, 1.807) is 0 Å².